The minimum Gasteiger partial charge on any atom is -0.379 e. The third kappa shape index (κ3) is 6.62. The number of morpholine rings is 1. The van der Waals surface area contributed by atoms with Gasteiger partial charge in [-0.25, -0.2) is 0 Å². The molecular formula is C20H39IN4O2S. The van der Waals surface area contributed by atoms with Gasteiger partial charge in [0.1, 0.15) is 0 Å². The molecule has 8 heteroatoms. The van der Waals surface area contributed by atoms with E-state index in [9.17, 15) is 0 Å². The molecule has 1 N–H and O–H groups in total. The second kappa shape index (κ2) is 11.0. The van der Waals surface area contributed by atoms with Crippen molar-refractivity contribution in [3.8, 4) is 0 Å². The fourth-order valence-corrected chi connectivity index (χ4v) is 5.87. The number of piperidine rings is 1. The largest absolute Gasteiger partial charge is 0.379 e. The summed E-state index contributed by atoms with van der Waals surface area (Å²) in [4.78, 5) is 9.64. The first-order valence-electron chi connectivity index (χ1n) is 10.5. The van der Waals surface area contributed by atoms with E-state index >= 15 is 0 Å². The maximum Gasteiger partial charge on any atom is 0.193 e. The highest BCUT2D eigenvalue weighted by molar-refractivity contribution is 14.0. The van der Waals surface area contributed by atoms with E-state index in [0.29, 0.717) is 6.10 Å². The quantitative estimate of drug-likeness (QED) is 0.346. The van der Waals surface area contributed by atoms with Gasteiger partial charge < -0.3 is 19.7 Å². The maximum absolute atomic E-state index is 6.17. The first kappa shape index (κ1) is 24.5. The Balaban J connectivity index is 0.00000280. The average molecular weight is 527 g/mol. The predicted molar refractivity (Wildman–Crippen MR) is 129 cm³/mol. The SMILES string of the molecule is CN=C(NCC1(N2CCOCC2)CCSC1)N1CCC(OC(C)(C)C)CC1.I. The lowest BCUT2D eigenvalue weighted by Gasteiger charge is -2.44. The van der Waals surface area contributed by atoms with Crippen molar-refractivity contribution in [1.82, 2.24) is 15.1 Å². The molecule has 3 saturated heterocycles. The summed E-state index contributed by atoms with van der Waals surface area (Å²) in [5.74, 6) is 3.51. The molecule has 0 saturated carbocycles. The number of nitrogens with zero attached hydrogens (tertiary/aromatic N) is 3. The summed E-state index contributed by atoms with van der Waals surface area (Å²) >= 11 is 2.08. The van der Waals surface area contributed by atoms with Crippen molar-refractivity contribution < 1.29 is 9.47 Å². The predicted octanol–water partition coefficient (Wildman–Crippen LogP) is 2.67. The zero-order valence-electron chi connectivity index (χ0n) is 18.0. The Morgan fingerprint density at radius 1 is 1.21 bits per heavy atom. The van der Waals surface area contributed by atoms with Gasteiger partial charge in [0.2, 0.25) is 0 Å². The van der Waals surface area contributed by atoms with Crippen LogP contribution in [0.2, 0.25) is 0 Å². The van der Waals surface area contributed by atoms with Crippen LogP contribution >= 0.6 is 35.7 Å². The molecule has 0 aliphatic carbocycles. The van der Waals surface area contributed by atoms with Gasteiger partial charge in [-0.2, -0.15) is 11.8 Å². The Hall–Kier alpha value is 0.230. The molecular weight excluding hydrogens is 487 g/mol. The van der Waals surface area contributed by atoms with E-state index in [-0.39, 0.29) is 35.1 Å². The van der Waals surface area contributed by atoms with Crippen molar-refractivity contribution in [2.75, 3.05) is 64.5 Å². The van der Waals surface area contributed by atoms with Crippen molar-refractivity contribution in [3.05, 3.63) is 0 Å². The molecule has 0 radical (unpaired) electrons. The van der Waals surface area contributed by atoms with E-state index in [1.807, 2.05) is 7.05 Å². The van der Waals surface area contributed by atoms with Crippen LogP contribution in [0.15, 0.2) is 4.99 Å². The van der Waals surface area contributed by atoms with E-state index in [1.165, 1.54) is 17.9 Å². The van der Waals surface area contributed by atoms with Gasteiger partial charge in [-0.1, -0.05) is 0 Å². The molecule has 3 aliphatic heterocycles. The highest BCUT2D eigenvalue weighted by Gasteiger charge is 2.41. The summed E-state index contributed by atoms with van der Waals surface area (Å²) in [6.45, 7) is 13.3. The number of nitrogens with one attached hydrogen (secondary N) is 1. The second-order valence-corrected chi connectivity index (χ2v) is 10.0. The summed E-state index contributed by atoms with van der Waals surface area (Å²) in [5, 5.41) is 3.72. The molecule has 3 heterocycles. The van der Waals surface area contributed by atoms with Crippen LogP contribution in [0.25, 0.3) is 0 Å². The van der Waals surface area contributed by atoms with Gasteiger partial charge in [0, 0.05) is 51.1 Å². The van der Waals surface area contributed by atoms with Crippen LogP contribution in [0.1, 0.15) is 40.0 Å². The fourth-order valence-electron chi connectivity index (χ4n) is 4.40. The van der Waals surface area contributed by atoms with Crippen LogP contribution in [-0.4, -0.2) is 97.5 Å². The Morgan fingerprint density at radius 3 is 2.43 bits per heavy atom. The van der Waals surface area contributed by atoms with Gasteiger partial charge in [0.15, 0.2) is 5.96 Å². The standard InChI is InChI=1S/C20H38N4O2S.HI/c1-19(2,3)26-17-5-8-23(9-6-17)18(21-4)22-15-20(7-14-27-16-20)24-10-12-25-13-11-24;/h17H,5-16H2,1-4H3,(H,21,22);1H. The van der Waals surface area contributed by atoms with Crippen molar-refractivity contribution in [1.29, 1.82) is 0 Å². The lowest BCUT2D eigenvalue weighted by Crippen LogP contribution is -2.60. The minimum atomic E-state index is -0.0581. The van der Waals surface area contributed by atoms with Gasteiger partial charge >= 0.3 is 0 Å². The maximum atomic E-state index is 6.17. The smallest absolute Gasteiger partial charge is 0.193 e. The molecule has 1 atom stereocenters. The third-order valence-corrected chi connectivity index (χ3v) is 7.05. The Labute approximate surface area is 192 Å². The van der Waals surface area contributed by atoms with Gasteiger partial charge in [0.25, 0.3) is 0 Å². The monoisotopic (exact) mass is 526 g/mol. The summed E-state index contributed by atoms with van der Waals surface area (Å²) in [5.41, 5.74) is 0.190. The lowest BCUT2D eigenvalue weighted by atomic mass is 9.95. The number of halogens is 1. The molecule has 0 aromatic carbocycles. The zero-order chi connectivity index (χ0) is 19.3. The van der Waals surface area contributed by atoms with Gasteiger partial charge in [-0.15, -0.1) is 24.0 Å². The molecule has 3 fully saturated rings. The van der Waals surface area contributed by atoms with Crippen molar-refractivity contribution in [3.63, 3.8) is 0 Å². The summed E-state index contributed by atoms with van der Waals surface area (Å²) in [6, 6.07) is 0. The van der Waals surface area contributed by atoms with Crippen LogP contribution in [-0.2, 0) is 9.47 Å². The van der Waals surface area contributed by atoms with Gasteiger partial charge in [0.05, 0.1) is 24.9 Å². The van der Waals surface area contributed by atoms with Crippen LogP contribution in [0.5, 0.6) is 0 Å². The number of aliphatic imine (C=N–C) groups is 1. The summed E-state index contributed by atoms with van der Waals surface area (Å²) in [6.07, 6.45) is 3.76. The molecule has 0 amide bonds. The molecule has 164 valence electrons. The first-order chi connectivity index (χ1) is 12.9. The molecule has 3 aliphatic rings. The Bertz CT molecular complexity index is 495. The summed E-state index contributed by atoms with van der Waals surface area (Å²) in [7, 11) is 1.91. The topological polar surface area (TPSA) is 49.3 Å². The second-order valence-electron chi connectivity index (χ2n) is 8.94. The zero-order valence-corrected chi connectivity index (χ0v) is 21.2. The van der Waals surface area contributed by atoms with Crippen LogP contribution in [0, 0.1) is 0 Å². The number of likely N-dealkylation sites (tertiary alicyclic amines) is 1. The van der Waals surface area contributed by atoms with Gasteiger partial charge in [-0.3, -0.25) is 9.89 Å². The molecule has 0 bridgehead atoms. The van der Waals surface area contributed by atoms with Gasteiger partial charge in [-0.05, 0) is 45.8 Å². The number of rotatable bonds is 4. The molecule has 6 nitrogen and oxygen atoms in total. The van der Waals surface area contributed by atoms with Crippen molar-refractivity contribution >= 4 is 41.7 Å². The van der Waals surface area contributed by atoms with Crippen molar-refractivity contribution in [2.24, 2.45) is 4.99 Å². The Kier molecular flexibility index (Phi) is 9.64. The average Bonchev–Trinajstić information content (AvgIpc) is 3.13. The number of thioether (sulfide) groups is 1. The fraction of sp³-hybridized carbons (Fsp3) is 0.950. The first-order valence-corrected chi connectivity index (χ1v) is 11.6. The van der Waals surface area contributed by atoms with Crippen LogP contribution < -0.4 is 5.32 Å². The molecule has 0 aromatic heterocycles. The molecule has 3 rings (SSSR count). The van der Waals surface area contributed by atoms with E-state index < -0.39 is 0 Å². The van der Waals surface area contributed by atoms with E-state index in [2.05, 4.69) is 52.6 Å². The van der Waals surface area contributed by atoms with Crippen LogP contribution in [0.4, 0.5) is 0 Å². The number of hydrogen-bond donors (Lipinski definition) is 1. The number of guanidine groups is 1. The molecule has 0 spiro atoms. The highest BCUT2D eigenvalue weighted by Crippen LogP contribution is 2.33. The lowest BCUT2D eigenvalue weighted by molar-refractivity contribution is -0.0773. The number of ether oxygens (including phenoxy) is 2. The van der Waals surface area contributed by atoms with Crippen molar-refractivity contribution in [2.45, 2.75) is 57.3 Å². The summed E-state index contributed by atoms with van der Waals surface area (Å²) < 4.78 is 11.7. The Morgan fingerprint density at radius 2 is 1.89 bits per heavy atom. The highest BCUT2D eigenvalue weighted by atomic mass is 127. The molecule has 28 heavy (non-hydrogen) atoms. The van der Waals surface area contributed by atoms with E-state index in [0.717, 1.165) is 64.7 Å². The molecule has 1 unspecified atom stereocenters. The third-order valence-electron chi connectivity index (χ3n) is 5.81. The minimum absolute atomic E-state index is 0. The normalized spacial score (nSPS) is 28.3. The van der Waals surface area contributed by atoms with E-state index in [4.69, 9.17) is 9.47 Å². The van der Waals surface area contributed by atoms with Crippen LogP contribution in [0.3, 0.4) is 0 Å². The van der Waals surface area contributed by atoms with E-state index in [1.54, 1.807) is 0 Å². The number of hydrogen-bond acceptors (Lipinski definition) is 5. The molecule has 0 aromatic rings.